The van der Waals surface area contributed by atoms with E-state index < -0.39 is 10.0 Å². The zero-order valence-electron chi connectivity index (χ0n) is 17.2. The Balaban J connectivity index is 1.69. The van der Waals surface area contributed by atoms with Crippen LogP contribution in [-0.4, -0.2) is 28.0 Å². The van der Waals surface area contributed by atoms with Crippen molar-refractivity contribution in [3.63, 3.8) is 0 Å². The topological polar surface area (TPSA) is 75.7 Å². The Morgan fingerprint density at radius 3 is 2.29 bits per heavy atom. The summed E-state index contributed by atoms with van der Waals surface area (Å²) in [6.45, 7) is 2.77. The molecule has 0 unspecified atom stereocenters. The number of ether oxygens (including phenoxy) is 1. The van der Waals surface area contributed by atoms with E-state index in [0.717, 1.165) is 15.6 Å². The molecule has 162 valence electrons. The number of para-hydroxylation sites is 1. The number of hydrogen-bond donors (Lipinski definition) is 1. The molecule has 0 saturated carbocycles. The van der Waals surface area contributed by atoms with Gasteiger partial charge in [-0.1, -0.05) is 29.8 Å². The molecular formula is C23H23ClN2O4S. The molecular weight excluding hydrogens is 436 g/mol. The van der Waals surface area contributed by atoms with Crippen LogP contribution < -0.4 is 14.4 Å². The standard InChI is InChI=1S/C23H23ClN2O4S/c1-3-30-22-7-5-4-6-18(22)16-25-23(27)17-8-12-20(13-9-17)26(2)31(28,29)21-14-10-19(24)11-15-21/h4-15H,3,16H2,1-2H3,(H,25,27). The SMILES string of the molecule is CCOc1ccccc1CNC(=O)c1ccc(N(C)S(=O)(=O)c2ccc(Cl)cc2)cc1. The second-order valence-electron chi connectivity index (χ2n) is 6.70. The first-order chi connectivity index (χ1) is 14.8. The summed E-state index contributed by atoms with van der Waals surface area (Å²) in [4.78, 5) is 12.7. The van der Waals surface area contributed by atoms with Crippen LogP contribution in [0.25, 0.3) is 0 Å². The van der Waals surface area contributed by atoms with E-state index in [0.29, 0.717) is 29.4 Å². The van der Waals surface area contributed by atoms with Crippen molar-refractivity contribution >= 4 is 33.2 Å². The van der Waals surface area contributed by atoms with Gasteiger partial charge in [0.05, 0.1) is 17.2 Å². The normalized spacial score (nSPS) is 11.1. The first-order valence-corrected chi connectivity index (χ1v) is 11.5. The van der Waals surface area contributed by atoms with Crippen molar-refractivity contribution in [1.82, 2.24) is 5.32 Å². The fourth-order valence-corrected chi connectivity index (χ4v) is 4.27. The summed E-state index contributed by atoms with van der Waals surface area (Å²) >= 11 is 5.84. The highest BCUT2D eigenvalue weighted by molar-refractivity contribution is 7.92. The van der Waals surface area contributed by atoms with Gasteiger partial charge in [-0.25, -0.2) is 8.42 Å². The van der Waals surface area contributed by atoms with Gasteiger partial charge in [-0.3, -0.25) is 9.10 Å². The maximum Gasteiger partial charge on any atom is 0.264 e. The van der Waals surface area contributed by atoms with Crippen molar-refractivity contribution in [3.8, 4) is 5.75 Å². The molecule has 3 rings (SSSR count). The summed E-state index contributed by atoms with van der Waals surface area (Å²) in [7, 11) is -2.28. The lowest BCUT2D eigenvalue weighted by atomic mass is 10.1. The minimum absolute atomic E-state index is 0.134. The van der Waals surface area contributed by atoms with Crippen molar-refractivity contribution in [3.05, 3.63) is 88.9 Å². The minimum Gasteiger partial charge on any atom is -0.494 e. The fourth-order valence-electron chi connectivity index (χ4n) is 2.95. The van der Waals surface area contributed by atoms with Crippen molar-refractivity contribution in [2.75, 3.05) is 18.0 Å². The number of amides is 1. The van der Waals surface area contributed by atoms with Crippen LogP contribution in [0.2, 0.25) is 5.02 Å². The maximum absolute atomic E-state index is 12.8. The van der Waals surface area contributed by atoms with E-state index in [9.17, 15) is 13.2 Å². The van der Waals surface area contributed by atoms with Crippen LogP contribution in [0.4, 0.5) is 5.69 Å². The number of hydrogen-bond acceptors (Lipinski definition) is 4. The third-order valence-electron chi connectivity index (χ3n) is 4.68. The van der Waals surface area contributed by atoms with Crippen molar-refractivity contribution < 1.29 is 17.9 Å². The van der Waals surface area contributed by atoms with Gasteiger partial charge in [0, 0.05) is 29.7 Å². The number of sulfonamides is 1. The Bertz CT molecular complexity index is 1150. The molecule has 1 N–H and O–H groups in total. The third kappa shape index (κ3) is 5.37. The van der Waals surface area contributed by atoms with E-state index in [-0.39, 0.29) is 10.8 Å². The third-order valence-corrected chi connectivity index (χ3v) is 6.73. The number of halogens is 1. The summed E-state index contributed by atoms with van der Waals surface area (Å²) < 4.78 is 32.3. The highest BCUT2D eigenvalue weighted by atomic mass is 35.5. The molecule has 0 atom stereocenters. The summed E-state index contributed by atoms with van der Waals surface area (Å²) in [6, 6.07) is 19.8. The van der Waals surface area contributed by atoms with Gasteiger partial charge in [-0.2, -0.15) is 0 Å². The van der Waals surface area contributed by atoms with Gasteiger partial charge in [0.15, 0.2) is 0 Å². The molecule has 0 spiro atoms. The average Bonchev–Trinajstić information content (AvgIpc) is 2.78. The van der Waals surface area contributed by atoms with Crippen LogP contribution in [0, 0.1) is 0 Å². The van der Waals surface area contributed by atoms with Crippen LogP contribution in [0.3, 0.4) is 0 Å². The number of carbonyl (C=O) groups excluding carboxylic acids is 1. The van der Waals surface area contributed by atoms with Gasteiger partial charge in [0.2, 0.25) is 0 Å². The number of benzene rings is 3. The monoisotopic (exact) mass is 458 g/mol. The van der Waals surface area contributed by atoms with Crippen LogP contribution >= 0.6 is 11.6 Å². The fraction of sp³-hybridized carbons (Fsp3) is 0.174. The number of nitrogens with zero attached hydrogens (tertiary/aromatic N) is 1. The van der Waals surface area contributed by atoms with E-state index in [2.05, 4.69) is 5.32 Å². The molecule has 0 radical (unpaired) electrons. The molecule has 0 aromatic heterocycles. The quantitative estimate of drug-likeness (QED) is 0.539. The molecule has 0 saturated heterocycles. The summed E-state index contributed by atoms with van der Waals surface area (Å²) in [6.07, 6.45) is 0. The van der Waals surface area contributed by atoms with Crippen LogP contribution in [0.15, 0.2) is 77.7 Å². The van der Waals surface area contributed by atoms with E-state index in [4.69, 9.17) is 16.3 Å². The summed E-state index contributed by atoms with van der Waals surface area (Å²) in [5.74, 6) is 0.468. The summed E-state index contributed by atoms with van der Waals surface area (Å²) in [5, 5.41) is 3.32. The van der Waals surface area contributed by atoms with Gasteiger partial charge in [0.1, 0.15) is 5.75 Å². The zero-order valence-corrected chi connectivity index (χ0v) is 18.8. The Labute approximate surface area is 187 Å². The minimum atomic E-state index is -3.74. The van der Waals surface area contributed by atoms with Gasteiger partial charge < -0.3 is 10.1 Å². The van der Waals surface area contributed by atoms with Gasteiger partial charge in [-0.15, -0.1) is 0 Å². The predicted molar refractivity (Wildman–Crippen MR) is 122 cm³/mol. The number of rotatable bonds is 8. The van der Waals surface area contributed by atoms with Gasteiger partial charge in [-0.05, 0) is 61.5 Å². The van der Waals surface area contributed by atoms with E-state index in [1.165, 1.54) is 31.3 Å². The largest absolute Gasteiger partial charge is 0.494 e. The lowest BCUT2D eigenvalue weighted by molar-refractivity contribution is 0.0950. The Morgan fingerprint density at radius 1 is 1.00 bits per heavy atom. The van der Waals surface area contributed by atoms with E-state index >= 15 is 0 Å². The molecule has 31 heavy (non-hydrogen) atoms. The lowest BCUT2D eigenvalue weighted by Crippen LogP contribution is -2.27. The second kappa shape index (κ2) is 9.85. The lowest BCUT2D eigenvalue weighted by Gasteiger charge is -2.20. The van der Waals surface area contributed by atoms with Crippen molar-refractivity contribution in [2.24, 2.45) is 0 Å². The number of nitrogens with one attached hydrogen (secondary N) is 1. The average molecular weight is 459 g/mol. The van der Waals surface area contributed by atoms with E-state index in [1.807, 2.05) is 31.2 Å². The number of anilines is 1. The summed E-state index contributed by atoms with van der Waals surface area (Å²) in [5.41, 5.74) is 1.74. The van der Waals surface area contributed by atoms with Gasteiger partial charge in [0.25, 0.3) is 15.9 Å². The van der Waals surface area contributed by atoms with Crippen molar-refractivity contribution in [2.45, 2.75) is 18.4 Å². The Kier molecular flexibility index (Phi) is 7.20. The molecule has 0 aliphatic rings. The van der Waals surface area contributed by atoms with E-state index in [1.54, 1.807) is 24.3 Å². The first-order valence-electron chi connectivity index (χ1n) is 9.66. The molecule has 0 fully saturated rings. The predicted octanol–water partition coefficient (Wildman–Crippen LogP) is 4.49. The molecule has 3 aromatic rings. The second-order valence-corrected chi connectivity index (χ2v) is 9.10. The molecule has 3 aromatic carbocycles. The molecule has 0 bridgehead atoms. The molecule has 0 heterocycles. The number of carbonyl (C=O) groups is 1. The van der Waals surface area contributed by atoms with Gasteiger partial charge >= 0.3 is 0 Å². The smallest absolute Gasteiger partial charge is 0.264 e. The van der Waals surface area contributed by atoms with Crippen LogP contribution in [-0.2, 0) is 16.6 Å². The Hall–Kier alpha value is -3.03. The molecule has 8 heteroatoms. The zero-order chi connectivity index (χ0) is 22.4. The molecule has 1 amide bonds. The van der Waals surface area contributed by atoms with Crippen molar-refractivity contribution in [1.29, 1.82) is 0 Å². The Morgan fingerprint density at radius 2 is 1.65 bits per heavy atom. The molecule has 0 aliphatic heterocycles. The maximum atomic E-state index is 12.8. The van der Waals surface area contributed by atoms with Crippen LogP contribution in [0.5, 0.6) is 5.75 Å². The molecule has 6 nitrogen and oxygen atoms in total. The van der Waals surface area contributed by atoms with Crippen LogP contribution in [0.1, 0.15) is 22.8 Å². The molecule has 0 aliphatic carbocycles. The highest BCUT2D eigenvalue weighted by Gasteiger charge is 2.21. The highest BCUT2D eigenvalue weighted by Crippen LogP contribution is 2.24. The first kappa shape index (κ1) is 22.7.